The molecule has 1 N–H and O–H groups in total. The van der Waals surface area contributed by atoms with Crippen LogP contribution in [0, 0.1) is 5.82 Å². The molecule has 2 saturated carbocycles. The number of rotatable bonds is 5. The number of carbonyl (C=O) groups excluding carboxylic acids is 1. The second-order valence-corrected chi connectivity index (χ2v) is 8.47. The topological polar surface area (TPSA) is 72.5 Å². The first-order valence-electron chi connectivity index (χ1n) is 8.36. The molecule has 2 fully saturated rings. The number of sulfonamides is 1. The molecule has 132 valence electrons. The average Bonchev–Trinajstić information content (AvgIpc) is 3.31. The Morgan fingerprint density at radius 3 is 2.42 bits per heavy atom. The monoisotopic (exact) mass is 355 g/mol. The molecule has 0 radical (unpaired) electrons. The fourth-order valence-corrected chi connectivity index (χ4v) is 3.59. The van der Waals surface area contributed by atoms with Crippen LogP contribution in [-0.4, -0.2) is 26.7 Å². The molecule has 5 nitrogen and oxygen atoms in total. The predicted octanol–water partition coefficient (Wildman–Crippen LogP) is 3.10. The maximum atomic E-state index is 14.4. The molecule has 2 aliphatic rings. The fraction of sp³-hybridized carbons (Fsp3) is 0.588. The first-order chi connectivity index (χ1) is 11.3. The van der Waals surface area contributed by atoms with Crippen molar-refractivity contribution in [2.45, 2.75) is 57.0 Å². The summed E-state index contributed by atoms with van der Waals surface area (Å²) in [6.07, 6.45) is 8.25. The van der Waals surface area contributed by atoms with Crippen molar-refractivity contribution < 1.29 is 22.3 Å². The van der Waals surface area contributed by atoms with Gasteiger partial charge in [0.2, 0.25) is 10.0 Å². The Hall–Kier alpha value is -1.63. The zero-order chi connectivity index (χ0) is 17.3. The van der Waals surface area contributed by atoms with E-state index < -0.39 is 21.7 Å². The molecular weight excluding hydrogens is 333 g/mol. The maximum absolute atomic E-state index is 14.4. The van der Waals surface area contributed by atoms with Gasteiger partial charge in [0.05, 0.1) is 17.9 Å². The van der Waals surface area contributed by atoms with Crippen LogP contribution in [0.4, 0.5) is 4.39 Å². The number of benzene rings is 1. The Bertz CT molecular complexity index is 737. The van der Waals surface area contributed by atoms with Gasteiger partial charge in [-0.15, -0.1) is 0 Å². The van der Waals surface area contributed by atoms with Crippen LogP contribution in [-0.2, 0) is 10.0 Å². The minimum Gasteiger partial charge on any atom is -0.490 e. The summed E-state index contributed by atoms with van der Waals surface area (Å²) < 4.78 is 44.6. The summed E-state index contributed by atoms with van der Waals surface area (Å²) in [4.78, 5) is 12.0. The Morgan fingerprint density at radius 1 is 1.17 bits per heavy atom. The Morgan fingerprint density at radius 2 is 1.83 bits per heavy atom. The Balaban J connectivity index is 1.87. The van der Waals surface area contributed by atoms with Crippen LogP contribution in [0.3, 0.4) is 0 Å². The predicted molar refractivity (Wildman–Crippen MR) is 88.2 cm³/mol. The molecule has 0 atom stereocenters. The van der Waals surface area contributed by atoms with Crippen LogP contribution >= 0.6 is 0 Å². The second kappa shape index (κ2) is 6.70. The quantitative estimate of drug-likeness (QED) is 0.881. The molecule has 0 unspecified atom stereocenters. The van der Waals surface area contributed by atoms with Crippen molar-refractivity contribution in [1.29, 1.82) is 0 Å². The molecular formula is C17H22FNO4S. The molecule has 1 aromatic carbocycles. The summed E-state index contributed by atoms with van der Waals surface area (Å²) in [7, 11) is -3.74. The zero-order valence-corrected chi connectivity index (χ0v) is 14.5. The number of amides is 1. The normalized spacial score (nSPS) is 19.1. The van der Waals surface area contributed by atoms with Gasteiger partial charge >= 0.3 is 0 Å². The third-order valence-corrected chi connectivity index (χ3v) is 5.04. The van der Waals surface area contributed by atoms with E-state index in [0.717, 1.165) is 50.3 Å². The summed E-state index contributed by atoms with van der Waals surface area (Å²) in [5.41, 5.74) is 0.555. The lowest BCUT2D eigenvalue weighted by atomic mass is 9.97. The van der Waals surface area contributed by atoms with Crippen molar-refractivity contribution in [3.05, 3.63) is 29.1 Å². The minimum atomic E-state index is -3.74. The van der Waals surface area contributed by atoms with Gasteiger partial charge in [0.25, 0.3) is 5.91 Å². The van der Waals surface area contributed by atoms with Gasteiger partial charge in [-0.3, -0.25) is 4.79 Å². The Kier molecular flexibility index (Phi) is 4.80. The first kappa shape index (κ1) is 17.2. The molecule has 0 spiro atoms. The molecule has 7 heteroatoms. The van der Waals surface area contributed by atoms with E-state index in [1.807, 2.05) is 4.72 Å². The van der Waals surface area contributed by atoms with Crippen LogP contribution in [0.1, 0.15) is 66.8 Å². The van der Waals surface area contributed by atoms with E-state index in [1.54, 1.807) is 0 Å². The van der Waals surface area contributed by atoms with Crippen LogP contribution in [0.15, 0.2) is 12.1 Å². The second-order valence-electron chi connectivity index (χ2n) is 6.73. The Labute approximate surface area is 141 Å². The molecule has 2 aliphatic carbocycles. The molecule has 0 saturated heterocycles. The van der Waals surface area contributed by atoms with Crippen LogP contribution in [0.25, 0.3) is 0 Å². The van der Waals surface area contributed by atoms with Crippen molar-refractivity contribution in [1.82, 2.24) is 4.72 Å². The van der Waals surface area contributed by atoms with Gasteiger partial charge in [-0.25, -0.2) is 17.5 Å². The third-order valence-electron chi connectivity index (χ3n) is 4.49. The summed E-state index contributed by atoms with van der Waals surface area (Å²) in [6, 6.07) is 2.69. The fourth-order valence-electron chi connectivity index (χ4n) is 3.15. The van der Waals surface area contributed by atoms with Gasteiger partial charge in [0.15, 0.2) is 0 Å². The number of hydrogen-bond donors (Lipinski definition) is 1. The number of nitrogens with one attached hydrogen (secondary N) is 1. The van der Waals surface area contributed by atoms with E-state index in [2.05, 4.69) is 0 Å². The molecule has 1 aromatic rings. The zero-order valence-electron chi connectivity index (χ0n) is 13.7. The van der Waals surface area contributed by atoms with Crippen LogP contribution < -0.4 is 9.46 Å². The molecule has 0 aromatic heterocycles. The lowest BCUT2D eigenvalue weighted by molar-refractivity contribution is 0.0977. The highest BCUT2D eigenvalue weighted by Gasteiger charge is 2.30. The highest BCUT2D eigenvalue weighted by atomic mass is 32.2. The molecule has 24 heavy (non-hydrogen) atoms. The molecule has 0 aliphatic heterocycles. The van der Waals surface area contributed by atoms with Crippen molar-refractivity contribution in [3.63, 3.8) is 0 Å². The molecule has 0 bridgehead atoms. The van der Waals surface area contributed by atoms with Gasteiger partial charge in [-0.2, -0.15) is 0 Å². The number of ether oxygens (including phenoxy) is 1. The van der Waals surface area contributed by atoms with Crippen LogP contribution in [0.5, 0.6) is 5.75 Å². The van der Waals surface area contributed by atoms with Gasteiger partial charge in [0, 0.05) is 6.07 Å². The summed E-state index contributed by atoms with van der Waals surface area (Å²) in [5.74, 6) is -0.945. The number of carbonyl (C=O) groups is 1. The minimum absolute atomic E-state index is 0.0892. The maximum Gasteiger partial charge on any atom is 0.267 e. The summed E-state index contributed by atoms with van der Waals surface area (Å²) in [6.45, 7) is 0. The van der Waals surface area contributed by atoms with Crippen molar-refractivity contribution in [3.8, 4) is 5.75 Å². The van der Waals surface area contributed by atoms with Gasteiger partial charge < -0.3 is 4.74 Å². The smallest absolute Gasteiger partial charge is 0.267 e. The highest BCUT2D eigenvalue weighted by molar-refractivity contribution is 7.89. The lowest BCUT2D eigenvalue weighted by Gasteiger charge is -2.24. The standard InChI is InChI=1S/C17H22FNO4S/c1-24(21,22)19-17(20)14-9-13(11-7-8-11)16(10-15(14)18)23-12-5-3-2-4-6-12/h9-12H,2-8H2,1H3,(H,19,20). The first-order valence-corrected chi connectivity index (χ1v) is 10.2. The van der Waals surface area contributed by atoms with Crippen molar-refractivity contribution in [2.75, 3.05) is 6.26 Å². The van der Waals surface area contributed by atoms with Gasteiger partial charge in [-0.05, 0) is 56.1 Å². The van der Waals surface area contributed by atoms with E-state index in [4.69, 9.17) is 4.74 Å². The molecule has 0 heterocycles. The average molecular weight is 355 g/mol. The van der Waals surface area contributed by atoms with Gasteiger partial charge in [-0.1, -0.05) is 6.42 Å². The van der Waals surface area contributed by atoms with Crippen molar-refractivity contribution >= 4 is 15.9 Å². The lowest BCUT2D eigenvalue weighted by Crippen LogP contribution is -2.30. The van der Waals surface area contributed by atoms with E-state index in [0.29, 0.717) is 5.75 Å². The highest BCUT2D eigenvalue weighted by Crippen LogP contribution is 2.45. The number of halogens is 1. The molecule has 1 amide bonds. The summed E-state index contributed by atoms with van der Waals surface area (Å²) in [5, 5.41) is 0. The SMILES string of the molecule is CS(=O)(=O)NC(=O)c1cc(C2CC2)c(OC2CCCCC2)cc1F. The van der Waals surface area contributed by atoms with Crippen LogP contribution in [0.2, 0.25) is 0 Å². The van der Waals surface area contributed by atoms with E-state index >= 15 is 0 Å². The molecule has 3 rings (SSSR count). The largest absolute Gasteiger partial charge is 0.490 e. The summed E-state index contributed by atoms with van der Waals surface area (Å²) >= 11 is 0. The third kappa shape index (κ3) is 4.26. The van der Waals surface area contributed by atoms with E-state index in [-0.39, 0.29) is 17.6 Å². The van der Waals surface area contributed by atoms with E-state index in [1.165, 1.54) is 18.6 Å². The van der Waals surface area contributed by atoms with E-state index in [9.17, 15) is 17.6 Å². The number of hydrogen-bond acceptors (Lipinski definition) is 4. The van der Waals surface area contributed by atoms with Crippen molar-refractivity contribution in [2.24, 2.45) is 0 Å². The van der Waals surface area contributed by atoms with Gasteiger partial charge in [0.1, 0.15) is 11.6 Å².